The van der Waals surface area contributed by atoms with Gasteiger partial charge in [0.25, 0.3) is 0 Å². The summed E-state index contributed by atoms with van der Waals surface area (Å²) in [6.07, 6.45) is -3.52. The highest BCUT2D eigenvalue weighted by atomic mass is 16.6. The van der Waals surface area contributed by atoms with Gasteiger partial charge in [-0.15, -0.1) is 0 Å². The molecule has 8 nitrogen and oxygen atoms in total. The topological polar surface area (TPSA) is 125 Å². The minimum absolute atomic E-state index is 0.271. The van der Waals surface area contributed by atoms with Crippen LogP contribution in [0.4, 0.5) is 0 Å². The highest BCUT2D eigenvalue weighted by Gasteiger charge is 2.43. The van der Waals surface area contributed by atoms with Gasteiger partial charge in [-0.25, -0.2) is 4.79 Å². The Morgan fingerprint density at radius 3 is 2.61 bits per heavy atom. The average Bonchev–Trinajstić information content (AvgIpc) is 2.61. The summed E-state index contributed by atoms with van der Waals surface area (Å²) in [6, 6.07) is 0. The molecule has 1 aromatic heterocycles. The fourth-order valence-electron chi connectivity index (χ4n) is 1.88. The van der Waals surface area contributed by atoms with Crippen molar-refractivity contribution in [1.82, 2.24) is 9.55 Å². The highest BCUT2D eigenvalue weighted by Crippen LogP contribution is 2.27. The molecule has 0 radical (unpaired) electrons. The first-order valence-corrected chi connectivity index (χ1v) is 5.40. The van der Waals surface area contributed by atoms with Crippen LogP contribution in [0, 0.1) is 0 Å². The molecule has 0 bridgehead atoms. The van der Waals surface area contributed by atoms with Gasteiger partial charge in [-0.05, 0) is 5.46 Å². The molecule has 9 heteroatoms. The van der Waals surface area contributed by atoms with E-state index in [1.54, 1.807) is 0 Å². The number of nitrogens with zero attached hydrogens (tertiary/aromatic N) is 1. The smallest absolute Gasteiger partial charge is 0.330 e. The lowest BCUT2D eigenvalue weighted by molar-refractivity contribution is -0.0549. The summed E-state index contributed by atoms with van der Waals surface area (Å²) in [6.45, 7) is -0.480. The minimum Gasteiger partial charge on any atom is -0.394 e. The van der Waals surface area contributed by atoms with E-state index in [9.17, 15) is 19.8 Å². The lowest BCUT2D eigenvalue weighted by atomic mass is 10.0. The molecular formula is C9H13BN2O6. The molecule has 4 N–H and O–H groups in total. The number of aromatic nitrogens is 2. The van der Waals surface area contributed by atoms with E-state index in [1.165, 1.54) is 14.0 Å². The molecule has 98 valence electrons. The van der Waals surface area contributed by atoms with Crippen molar-refractivity contribution in [3.63, 3.8) is 0 Å². The second-order valence-corrected chi connectivity index (χ2v) is 4.21. The first-order valence-electron chi connectivity index (χ1n) is 5.40. The first-order chi connectivity index (χ1) is 8.45. The molecule has 1 saturated heterocycles. The molecule has 0 aliphatic carbocycles. The van der Waals surface area contributed by atoms with Gasteiger partial charge >= 0.3 is 5.69 Å². The summed E-state index contributed by atoms with van der Waals surface area (Å²) < 4.78 is 6.17. The molecule has 0 spiro atoms. The van der Waals surface area contributed by atoms with Gasteiger partial charge in [-0.3, -0.25) is 14.3 Å². The fraction of sp³-hybridized carbons (Fsp3) is 0.556. The summed E-state index contributed by atoms with van der Waals surface area (Å²) >= 11 is 0. The van der Waals surface area contributed by atoms with Crippen molar-refractivity contribution in [3.05, 3.63) is 27.0 Å². The Kier molecular flexibility index (Phi) is 3.39. The molecule has 0 saturated carbocycles. The zero-order valence-corrected chi connectivity index (χ0v) is 9.61. The molecule has 1 aliphatic heterocycles. The van der Waals surface area contributed by atoms with Crippen LogP contribution in [-0.4, -0.2) is 57.6 Å². The van der Waals surface area contributed by atoms with Crippen LogP contribution in [0.2, 0.25) is 0 Å². The summed E-state index contributed by atoms with van der Waals surface area (Å²) in [5.41, 5.74) is -1.00. The van der Waals surface area contributed by atoms with Crippen molar-refractivity contribution in [2.75, 3.05) is 6.61 Å². The molecular weight excluding hydrogens is 243 g/mol. The average molecular weight is 256 g/mol. The van der Waals surface area contributed by atoms with E-state index in [4.69, 9.17) is 9.84 Å². The molecule has 1 aromatic rings. The number of hydrogen-bond donors (Lipinski definition) is 4. The quantitative estimate of drug-likeness (QED) is 0.395. The minimum atomic E-state index is -1.36. The highest BCUT2D eigenvalue weighted by molar-refractivity contribution is 6.31. The number of aromatic amines is 1. The van der Waals surface area contributed by atoms with Crippen LogP contribution in [0.1, 0.15) is 6.23 Å². The lowest BCUT2D eigenvalue weighted by Gasteiger charge is -2.17. The van der Waals surface area contributed by atoms with Gasteiger partial charge in [0.1, 0.15) is 26.2 Å². The Balaban J connectivity index is 2.42. The summed E-state index contributed by atoms with van der Waals surface area (Å²) in [7, 11) is 1.50. The van der Waals surface area contributed by atoms with E-state index in [1.807, 2.05) is 0 Å². The van der Waals surface area contributed by atoms with E-state index in [2.05, 4.69) is 4.98 Å². The molecule has 2 unspecified atom stereocenters. The van der Waals surface area contributed by atoms with Crippen molar-refractivity contribution in [2.24, 2.45) is 0 Å². The maximum atomic E-state index is 11.6. The summed E-state index contributed by atoms with van der Waals surface area (Å²) in [5, 5.41) is 28.3. The number of nitrogens with one attached hydrogen (secondary N) is 1. The van der Waals surface area contributed by atoms with Crippen LogP contribution in [0.15, 0.2) is 15.8 Å². The van der Waals surface area contributed by atoms with Crippen LogP contribution in [-0.2, 0) is 4.74 Å². The number of ether oxygens (including phenoxy) is 1. The number of hydrogen-bond acceptors (Lipinski definition) is 6. The molecule has 0 amide bonds. The van der Waals surface area contributed by atoms with E-state index in [-0.39, 0.29) is 5.46 Å². The number of H-pyrrole nitrogens is 1. The molecule has 4 atom stereocenters. The van der Waals surface area contributed by atoms with Gasteiger partial charge < -0.3 is 20.1 Å². The summed E-state index contributed by atoms with van der Waals surface area (Å²) in [5.74, 6) is 0. The maximum absolute atomic E-state index is 11.6. The van der Waals surface area contributed by atoms with Gasteiger partial charge in [-0.1, -0.05) is 0 Å². The Morgan fingerprint density at radius 2 is 2.06 bits per heavy atom. The van der Waals surface area contributed by atoms with E-state index < -0.39 is 42.4 Å². The Bertz CT molecular complexity index is 555. The van der Waals surface area contributed by atoms with Gasteiger partial charge in [0.2, 0.25) is 5.56 Å². The molecule has 2 heterocycles. The van der Waals surface area contributed by atoms with Gasteiger partial charge in [0.15, 0.2) is 6.23 Å². The van der Waals surface area contributed by atoms with Gasteiger partial charge in [0.05, 0.1) is 6.61 Å². The third-order valence-corrected chi connectivity index (χ3v) is 2.94. The predicted molar refractivity (Wildman–Crippen MR) is 62.5 cm³/mol. The van der Waals surface area contributed by atoms with Crippen molar-refractivity contribution in [3.8, 4) is 0 Å². The fourth-order valence-corrected chi connectivity index (χ4v) is 1.88. The molecule has 1 fully saturated rings. The Hall–Kier alpha value is -1.42. The van der Waals surface area contributed by atoms with Crippen molar-refractivity contribution >= 4 is 13.3 Å². The van der Waals surface area contributed by atoms with Crippen LogP contribution in [0.25, 0.3) is 0 Å². The van der Waals surface area contributed by atoms with Crippen molar-refractivity contribution in [1.29, 1.82) is 0 Å². The largest absolute Gasteiger partial charge is 0.394 e. The van der Waals surface area contributed by atoms with E-state index in [0.29, 0.717) is 0 Å². The normalized spacial score (nSPS) is 31.7. The maximum Gasteiger partial charge on any atom is 0.330 e. The zero-order valence-electron chi connectivity index (χ0n) is 9.61. The standard InChI is InChI=1S/C9H13BN2O6/c10-3-1-12(9(17)11-7(3)16)8-6(15)5(14)4(2-13)18-8/h1,4-6,8,13-15H,2,10H2,(H,11,16,17)/t4-,5?,6?,8-/m0/s1. The van der Waals surface area contributed by atoms with Crippen LogP contribution < -0.4 is 16.7 Å². The predicted octanol–water partition coefficient (Wildman–Crippen LogP) is -4.59. The zero-order chi connectivity index (χ0) is 13.4. The monoisotopic (exact) mass is 256 g/mol. The Labute approximate surface area is 102 Å². The second-order valence-electron chi connectivity index (χ2n) is 4.21. The first kappa shape index (κ1) is 13.0. The Morgan fingerprint density at radius 1 is 1.39 bits per heavy atom. The van der Waals surface area contributed by atoms with Crippen LogP contribution >= 0.6 is 0 Å². The van der Waals surface area contributed by atoms with Gasteiger partial charge in [0, 0.05) is 6.20 Å². The number of aliphatic hydroxyl groups is 3. The molecule has 18 heavy (non-hydrogen) atoms. The number of rotatable bonds is 2. The van der Waals surface area contributed by atoms with Crippen molar-refractivity contribution < 1.29 is 20.1 Å². The SMILES string of the molecule is Bc1cn([C@H]2O[C@@H](CO)C(O)C2O)c(=O)[nH]c1=O. The second kappa shape index (κ2) is 4.69. The van der Waals surface area contributed by atoms with Crippen LogP contribution in [0.3, 0.4) is 0 Å². The third-order valence-electron chi connectivity index (χ3n) is 2.94. The van der Waals surface area contributed by atoms with E-state index >= 15 is 0 Å². The molecule has 0 aromatic carbocycles. The van der Waals surface area contributed by atoms with Crippen LogP contribution in [0.5, 0.6) is 0 Å². The third kappa shape index (κ3) is 2.01. The van der Waals surface area contributed by atoms with Gasteiger partial charge in [-0.2, -0.15) is 0 Å². The molecule has 2 rings (SSSR count). The van der Waals surface area contributed by atoms with E-state index in [0.717, 1.165) is 4.57 Å². The van der Waals surface area contributed by atoms with Crippen molar-refractivity contribution in [2.45, 2.75) is 24.5 Å². The lowest BCUT2D eigenvalue weighted by Crippen LogP contribution is -2.43. The summed E-state index contributed by atoms with van der Waals surface area (Å²) in [4.78, 5) is 24.9. The molecule has 1 aliphatic rings. The number of aliphatic hydroxyl groups excluding tert-OH is 3.